The van der Waals surface area contributed by atoms with Gasteiger partial charge in [-0.25, -0.2) is 4.98 Å². The maximum Gasteiger partial charge on any atom is 0.433 e. The molecular weight excluding hydrogens is 229 g/mol. The summed E-state index contributed by atoms with van der Waals surface area (Å²) in [5, 5.41) is 0. The van der Waals surface area contributed by atoms with Crippen LogP contribution in [0.15, 0.2) is 18.2 Å². The molecule has 0 radical (unpaired) electrons. The van der Waals surface area contributed by atoms with Gasteiger partial charge in [0.15, 0.2) is 0 Å². The van der Waals surface area contributed by atoms with Crippen LogP contribution < -0.4 is 5.73 Å². The Labute approximate surface area is 92.1 Å². The summed E-state index contributed by atoms with van der Waals surface area (Å²) in [6.45, 7) is 3.21. The number of rotatable bonds is 1. The molecule has 0 atom stereocenters. The molecule has 0 aliphatic carbocycles. The molecule has 0 aromatic carbocycles. The molecule has 0 fully saturated rings. The van der Waals surface area contributed by atoms with Crippen molar-refractivity contribution in [3.8, 4) is 0 Å². The zero-order valence-corrected chi connectivity index (χ0v) is 9.12. The molecule has 0 saturated carbocycles. The molecule has 86 valence electrons. The quantitative estimate of drug-likeness (QED) is 0.820. The minimum Gasteiger partial charge on any atom is -0.321 e. The van der Waals surface area contributed by atoms with E-state index in [1.807, 2.05) is 0 Å². The molecule has 0 amide bonds. The first-order chi connectivity index (χ1) is 6.21. The maximum atomic E-state index is 12.3. The van der Waals surface area contributed by atoms with Crippen molar-refractivity contribution in [3.63, 3.8) is 0 Å². The van der Waals surface area contributed by atoms with Crippen LogP contribution in [-0.4, -0.2) is 4.98 Å². The van der Waals surface area contributed by atoms with Crippen molar-refractivity contribution in [2.75, 3.05) is 0 Å². The van der Waals surface area contributed by atoms with Crippen LogP contribution in [0.4, 0.5) is 13.2 Å². The average Bonchev–Trinajstić information content (AvgIpc) is 2.01. The van der Waals surface area contributed by atoms with Crippen LogP contribution in [0, 0.1) is 0 Å². The number of alkyl halides is 3. The van der Waals surface area contributed by atoms with Gasteiger partial charge in [-0.2, -0.15) is 13.2 Å². The highest BCUT2D eigenvalue weighted by Gasteiger charge is 2.33. The van der Waals surface area contributed by atoms with E-state index < -0.39 is 17.4 Å². The third kappa shape index (κ3) is 3.68. The van der Waals surface area contributed by atoms with Gasteiger partial charge in [0.25, 0.3) is 0 Å². The minimum absolute atomic E-state index is 0. The van der Waals surface area contributed by atoms with E-state index in [9.17, 15) is 13.2 Å². The van der Waals surface area contributed by atoms with E-state index in [4.69, 9.17) is 5.73 Å². The number of hydrogen-bond acceptors (Lipinski definition) is 2. The monoisotopic (exact) mass is 240 g/mol. The number of hydrogen-bond donors (Lipinski definition) is 1. The van der Waals surface area contributed by atoms with E-state index >= 15 is 0 Å². The van der Waals surface area contributed by atoms with Gasteiger partial charge in [0, 0.05) is 0 Å². The minimum atomic E-state index is -4.42. The topological polar surface area (TPSA) is 38.9 Å². The van der Waals surface area contributed by atoms with E-state index in [-0.39, 0.29) is 18.1 Å². The number of nitrogens with two attached hydrogens (primary N) is 1. The molecule has 0 spiro atoms. The smallest absolute Gasteiger partial charge is 0.321 e. The zero-order chi connectivity index (χ0) is 11.0. The predicted molar refractivity (Wildman–Crippen MR) is 53.7 cm³/mol. The standard InChI is InChI=1S/C9H11F3N2.ClH/c1-8(2,13)6-4-3-5-7(14-6)9(10,11)12;/h3-5H,13H2,1-2H3;1H. The maximum absolute atomic E-state index is 12.3. The van der Waals surface area contributed by atoms with Gasteiger partial charge in [-0.15, -0.1) is 12.4 Å². The molecule has 1 heterocycles. The predicted octanol–water partition coefficient (Wildman–Crippen LogP) is 2.72. The highest BCUT2D eigenvalue weighted by atomic mass is 35.5. The lowest BCUT2D eigenvalue weighted by molar-refractivity contribution is -0.141. The molecule has 0 unspecified atom stereocenters. The van der Waals surface area contributed by atoms with Gasteiger partial charge in [-0.3, -0.25) is 0 Å². The van der Waals surface area contributed by atoms with Crippen molar-refractivity contribution >= 4 is 12.4 Å². The van der Waals surface area contributed by atoms with Gasteiger partial charge in [-0.05, 0) is 26.0 Å². The Morgan fingerprint density at radius 2 is 1.60 bits per heavy atom. The van der Waals surface area contributed by atoms with E-state index in [1.54, 1.807) is 13.8 Å². The molecule has 0 aliphatic heterocycles. The van der Waals surface area contributed by atoms with E-state index in [0.717, 1.165) is 6.07 Å². The van der Waals surface area contributed by atoms with Crippen molar-refractivity contribution in [2.24, 2.45) is 5.73 Å². The average molecular weight is 241 g/mol. The Kier molecular flexibility index (Phi) is 4.13. The van der Waals surface area contributed by atoms with Crippen molar-refractivity contribution in [1.29, 1.82) is 0 Å². The molecule has 0 aliphatic rings. The van der Waals surface area contributed by atoms with Crippen LogP contribution in [0.5, 0.6) is 0 Å². The van der Waals surface area contributed by atoms with E-state index in [2.05, 4.69) is 4.98 Å². The second kappa shape index (κ2) is 4.37. The second-order valence-electron chi connectivity index (χ2n) is 3.63. The molecule has 1 rings (SSSR count). The Balaban J connectivity index is 0.00000196. The molecule has 2 nitrogen and oxygen atoms in total. The first-order valence-electron chi connectivity index (χ1n) is 4.05. The fourth-order valence-corrected chi connectivity index (χ4v) is 0.951. The molecule has 15 heavy (non-hydrogen) atoms. The largest absolute Gasteiger partial charge is 0.433 e. The molecular formula is C9H12ClF3N2. The van der Waals surface area contributed by atoms with Gasteiger partial charge < -0.3 is 5.73 Å². The summed E-state index contributed by atoms with van der Waals surface area (Å²) >= 11 is 0. The highest BCUT2D eigenvalue weighted by molar-refractivity contribution is 5.85. The van der Waals surface area contributed by atoms with Gasteiger partial charge >= 0.3 is 6.18 Å². The van der Waals surface area contributed by atoms with Gasteiger partial charge in [0.05, 0.1) is 11.2 Å². The van der Waals surface area contributed by atoms with Gasteiger partial charge in [-0.1, -0.05) is 6.07 Å². The Bertz CT molecular complexity index is 302. The fourth-order valence-electron chi connectivity index (χ4n) is 0.951. The zero-order valence-electron chi connectivity index (χ0n) is 8.30. The SMILES string of the molecule is CC(C)(N)c1cccc(C(F)(F)F)n1.Cl. The lowest BCUT2D eigenvalue weighted by Crippen LogP contribution is -2.30. The summed E-state index contributed by atoms with van der Waals surface area (Å²) in [5.74, 6) is 0. The summed E-state index contributed by atoms with van der Waals surface area (Å²) in [6, 6.07) is 3.71. The molecule has 0 bridgehead atoms. The van der Waals surface area contributed by atoms with E-state index in [0.29, 0.717) is 0 Å². The van der Waals surface area contributed by atoms with Crippen LogP contribution in [0.1, 0.15) is 25.2 Å². The summed E-state index contributed by atoms with van der Waals surface area (Å²) in [5.41, 5.74) is 4.10. The highest BCUT2D eigenvalue weighted by Crippen LogP contribution is 2.28. The third-order valence-electron chi connectivity index (χ3n) is 1.70. The van der Waals surface area contributed by atoms with Crippen LogP contribution >= 0.6 is 12.4 Å². The summed E-state index contributed by atoms with van der Waals surface area (Å²) in [4.78, 5) is 3.47. The molecule has 1 aromatic heterocycles. The summed E-state index contributed by atoms with van der Waals surface area (Å²) in [7, 11) is 0. The first-order valence-corrected chi connectivity index (χ1v) is 4.05. The van der Waals surface area contributed by atoms with E-state index in [1.165, 1.54) is 12.1 Å². The van der Waals surface area contributed by atoms with Gasteiger partial charge in [0.2, 0.25) is 0 Å². The first kappa shape index (κ1) is 14.2. The number of nitrogens with zero attached hydrogens (tertiary/aromatic N) is 1. The third-order valence-corrected chi connectivity index (χ3v) is 1.70. The number of halogens is 4. The van der Waals surface area contributed by atoms with Crippen molar-refractivity contribution in [3.05, 3.63) is 29.6 Å². The normalized spacial score (nSPS) is 12.1. The van der Waals surface area contributed by atoms with Crippen LogP contribution in [-0.2, 0) is 11.7 Å². The Hall–Kier alpha value is -0.810. The number of aromatic nitrogens is 1. The number of pyridine rings is 1. The van der Waals surface area contributed by atoms with Crippen molar-refractivity contribution in [1.82, 2.24) is 4.98 Å². The Morgan fingerprint density at radius 1 is 1.13 bits per heavy atom. The van der Waals surface area contributed by atoms with Crippen molar-refractivity contribution in [2.45, 2.75) is 25.6 Å². The summed E-state index contributed by atoms with van der Waals surface area (Å²) < 4.78 is 36.8. The second-order valence-corrected chi connectivity index (χ2v) is 3.63. The van der Waals surface area contributed by atoms with Crippen LogP contribution in [0.3, 0.4) is 0 Å². The lowest BCUT2D eigenvalue weighted by Gasteiger charge is -2.18. The molecule has 1 aromatic rings. The Morgan fingerprint density at radius 3 is 2.00 bits per heavy atom. The van der Waals surface area contributed by atoms with Crippen molar-refractivity contribution < 1.29 is 13.2 Å². The lowest BCUT2D eigenvalue weighted by atomic mass is 10.0. The molecule has 2 N–H and O–H groups in total. The molecule has 0 saturated heterocycles. The fraction of sp³-hybridized carbons (Fsp3) is 0.444. The van der Waals surface area contributed by atoms with Gasteiger partial charge in [0.1, 0.15) is 5.69 Å². The summed E-state index contributed by atoms with van der Waals surface area (Å²) in [6.07, 6.45) is -4.42. The van der Waals surface area contributed by atoms with Crippen LogP contribution in [0.25, 0.3) is 0 Å². The van der Waals surface area contributed by atoms with Crippen LogP contribution in [0.2, 0.25) is 0 Å². The molecule has 6 heteroatoms.